The first kappa shape index (κ1) is 14.7. The van der Waals surface area contributed by atoms with E-state index in [9.17, 15) is 18.0 Å². The molecule has 0 aliphatic heterocycles. The van der Waals surface area contributed by atoms with E-state index >= 15 is 0 Å². The van der Waals surface area contributed by atoms with E-state index in [4.69, 9.17) is 0 Å². The summed E-state index contributed by atoms with van der Waals surface area (Å²) in [5, 5.41) is 0. The van der Waals surface area contributed by atoms with Crippen LogP contribution < -0.4 is 0 Å². The number of hydrogen-bond donors (Lipinski definition) is 0. The lowest BCUT2D eigenvalue weighted by Crippen LogP contribution is -2.38. The van der Waals surface area contributed by atoms with Crippen LogP contribution in [0.2, 0.25) is 0 Å². The zero-order chi connectivity index (χ0) is 12.9. The van der Waals surface area contributed by atoms with Gasteiger partial charge < -0.3 is 4.74 Å². The predicted molar refractivity (Wildman–Crippen MR) is 60.9 cm³/mol. The van der Waals surface area contributed by atoms with Crippen molar-refractivity contribution in [2.45, 2.75) is 44.4 Å². The third-order valence-electron chi connectivity index (χ3n) is 2.88. The fourth-order valence-electron chi connectivity index (χ4n) is 1.92. The number of halogens is 3. The van der Waals surface area contributed by atoms with E-state index in [1.807, 2.05) is 0 Å². The SMILES string of the molecule is CSCC(OC(=O)C1CCCCC1)C(F)(F)F. The number of hydrogen-bond acceptors (Lipinski definition) is 3. The largest absolute Gasteiger partial charge is 0.452 e. The molecule has 1 aliphatic carbocycles. The summed E-state index contributed by atoms with van der Waals surface area (Å²) in [7, 11) is 0. The number of carbonyl (C=O) groups is 1. The number of rotatable bonds is 4. The van der Waals surface area contributed by atoms with Gasteiger partial charge in [0.2, 0.25) is 6.10 Å². The zero-order valence-electron chi connectivity index (χ0n) is 9.76. The average Bonchev–Trinajstić information content (AvgIpc) is 2.28. The fraction of sp³-hybridized carbons (Fsp3) is 0.909. The van der Waals surface area contributed by atoms with Gasteiger partial charge in [0.15, 0.2) is 0 Å². The van der Waals surface area contributed by atoms with Crippen LogP contribution in [0.25, 0.3) is 0 Å². The molecular formula is C11H17F3O2S. The van der Waals surface area contributed by atoms with Crippen LogP contribution >= 0.6 is 11.8 Å². The molecule has 1 unspecified atom stereocenters. The van der Waals surface area contributed by atoms with Gasteiger partial charge in [0.1, 0.15) is 0 Å². The molecule has 0 aromatic heterocycles. The standard InChI is InChI=1S/C11H17F3O2S/c1-17-7-9(11(12,13)14)16-10(15)8-5-3-2-4-6-8/h8-9H,2-7H2,1H3. The molecule has 0 aromatic carbocycles. The van der Waals surface area contributed by atoms with Gasteiger partial charge in [0.25, 0.3) is 0 Å². The zero-order valence-corrected chi connectivity index (χ0v) is 10.6. The van der Waals surface area contributed by atoms with Crippen LogP contribution in [0.1, 0.15) is 32.1 Å². The molecule has 0 radical (unpaired) electrons. The number of thioether (sulfide) groups is 1. The Hall–Kier alpha value is -0.390. The molecule has 1 rings (SSSR count). The van der Waals surface area contributed by atoms with Crippen LogP contribution in [-0.2, 0) is 9.53 Å². The first-order chi connectivity index (χ1) is 7.95. The minimum Gasteiger partial charge on any atom is -0.452 e. The summed E-state index contributed by atoms with van der Waals surface area (Å²) >= 11 is 1.03. The van der Waals surface area contributed by atoms with Gasteiger partial charge in [-0.1, -0.05) is 19.3 Å². The maximum Gasteiger partial charge on any atom is 0.426 e. The predicted octanol–water partition coefficient (Wildman–Crippen LogP) is 3.40. The third kappa shape index (κ3) is 4.77. The summed E-state index contributed by atoms with van der Waals surface area (Å²) in [6.07, 6.45) is -0.701. The molecule has 1 atom stereocenters. The van der Waals surface area contributed by atoms with Gasteiger partial charge in [-0.3, -0.25) is 4.79 Å². The molecule has 2 nitrogen and oxygen atoms in total. The number of alkyl halides is 3. The number of carbonyl (C=O) groups excluding carboxylic acids is 1. The highest BCUT2D eigenvalue weighted by atomic mass is 32.2. The summed E-state index contributed by atoms with van der Waals surface area (Å²) in [6, 6.07) is 0. The highest BCUT2D eigenvalue weighted by molar-refractivity contribution is 7.98. The van der Waals surface area contributed by atoms with Crippen molar-refractivity contribution in [2.24, 2.45) is 5.92 Å². The molecule has 0 saturated heterocycles. The summed E-state index contributed by atoms with van der Waals surface area (Å²) in [4.78, 5) is 11.6. The van der Waals surface area contributed by atoms with Gasteiger partial charge in [0.05, 0.1) is 5.92 Å². The van der Waals surface area contributed by atoms with Crippen molar-refractivity contribution in [3.05, 3.63) is 0 Å². The van der Waals surface area contributed by atoms with Gasteiger partial charge in [-0.2, -0.15) is 24.9 Å². The molecule has 1 saturated carbocycles. The Kier molecular flexibility index (Phi) is 5.62. The Bertz CT molecular complexity index is 250. The van der Waals surface area contributed by atoms with Gasteiger partial charge >= 0.3 is 12.1 Å². The minimum atomic E-state index is -4.46. The Morgan fingerprint density at radius 1 is 1.35 bits per heavy atom. The normalized spacial score (nSPS) is 20.0. The molecular weight excluding hydrogens is 253 g/mol. The highest BCUT2D eigenvalue weighted by Crippen LogP contribution is 2.29. The van der Waals surface area contributed by atoms with Gasteiger partial charge in [-0.05, 0) is 19.1 Å². The van der Waals surface area contributed by atoms with E-state index in [1.54, 1.807) is 6.26 Å². The van der Waals surface area contributed by atoms with Gasteiger partial charge in [-0.15, -0.1) is 0 Å². The lowest BCUT2D eigenvalue weighted by molar-refractivity contribution is -0.217. The second kappa shape index (κ2) is 6.52. The van der Waals surface area contributed by atoms with E-state index in [1.165, 1.54) is 0 Å². The molecule has 0 aromatic rings. The number of ether oxygens (including phenoxy) is 1. The molecule has 0 bridgehead atoms. The molecule has 0 spiro atoms. The fourth-order valence-corrected chi connectivity index (χ4v) is 2.48. The van der Waals surface area contributed by atoms with E-state index < -0.39 is 18.2 Å². The molecule has 1 aliphatic rings. The summed E-state index contributed by atoms with van der Waals surface area (Å²) < 4.78 is 42.2. The summed E-state index contributed by atoms with van der Waals surface area (Å²) in [5.74, 6) is -1.25. The van der Waals surface area contributed by atoms with Crippen LogP contribution in [0.15, 0.2) is 0 Å². The van der Waals surface area contributed by atoms with Crippen LogP contribution in [0.3, 0.4) is 0 Å². The molecule has 0 amide bonds. The first-order valence-corrected chi connectivity index (χ1v) is 7.10. The monoisotopic (exact) mass is 270 g/mol. The summed E-state index contributed by atoms with van der Waals surface area (Å²) in [5.41, 5.74) is 0. The second-order valence-electron chi connectivity index (χ2n) is 4.26. The lowest BCUT2D eigenvalue weighted by Gasteiger charge is -2.25. The van der Waals surface area contributed by atoms with E-state index in [0.717, 1.165) is 31.0 Å². The van der Waals surface area contributed by atoms with Crippen molar-refractivity contribution >= 4 is 17.7 Å². The smallest absolute Gasteiger partial charge is 0.426 e. The van der Waals surface area contributed by atoms with Crippen molar-refractivity contribution in [1.29, 1.82) is 0 Å². The van der Waals surface area contributed by atoms with Gasteiger partial charge in [0, 0.05) is 5.75 Å². The molecule has 1 fully saturated rings. The first-order valence-electron chi connectivity index (χ1n) is 5.71. The maximum absolute atomic E-state index is 12.5. The van der Waals surface area contributed by atoms with Crippen molar-refractivity contribution in [3.8, 4) is 0 Å². The minimum absolute atomic E-state index is 0.234. The Morgan fingerprint density at radius 3 is 2.41 bits per heavy atom. The van der Waals surface area contributed by atoms with Crippen LogP contribution in [0.5, 0.6) is 0 Å². The molecule has 6 heteroatoms. The topological polar surface area (TPSA) is 26.3 Å². The molecule has 0 heterocycles. The number of esters is 1. The lowest BCUT2D eigenvalue weighted by atomic mass is 9.89. The summed E-state index contributed by atoms with van der Waals surface area (Å²) in [6.45, 7) is 0. The van der Waals surface area contributed by atoms with Crippen LogP contribution in [0.4, 0.5) is 13.2 Å². The van der Waals surface area contributed by atoms with E-state index in [0.29, 0.717) is 12.8 Å². The van der Waals surface area contributed by atoms with Crippen molar-refractivity contribution in [2.75, 3.05) is 12.0 Å². The van der Waals surface area contributed by atoms with E-state index in [2.05, 4.69) is 4.74 Å². The van der Waals surface area contributed by atoms with Gasteiger partial charge in [-0.25, -0.2) is 0 Å². The molecule has 17 heavy (non-hydrogen) atoms. The third-order valence-corrected chi connectivity index (χ3v) is 3.52. The van der Waals surface area contributed by atoms with Crippen molar-refractivity contribution < 1.29 is 22.7 Å². The Morgan fingerprint density at radius 2 is 1.94 bits per heavy atom. The van der Waals surface area contributed by atoms with Crippen molar-refractivity contribution in [3.63, 3.8) is 0 Å². The quantitative estimate of drug-likeness (QED) is 0.732. The van der Waals surface area contributed by atoms with Crippen LogP contribution in [0, 0.1) is 5.92 Å². The average molecular weight is 270 g/mol. The second-order valence-corrected chi connectivity index (χ2v) is 5.17. The Labute approximate surface area is 103 Å². The highest BCUT2D eigenvalue weighted by Gasteiger charge is 2.43. The Balaban J connectivity index is 2.51. The molecule has 0 N–H and O–H groups in total. The van der Waals surface area contributed by atoms with Crippen molar-refractivity contribution in [1.82, 2.24) is 0 Å². The molecule has 100 valence electrons. The van der Waals surface area contributed by atoms with Crippen LogP contribution in [-0.4, -0.2) is 30.3 Å². The maximum atomic E-state index is 12.5. The van der Waals surface area contributed by atoms with E-state index in [-0.39, 0.29) is 11.7 Å².